The monoisotopic (exact) mass is 312 g/mol. The number of halogens is 5. The predicted molar refractivity (Wildman–Crippen MR) is 38.1 cm³/mol. The Balaban J connectivity index is 0. The first-order valence-corrected chi connectivity index (χ1v) is 12.6. The maximum atomic E-state index is 5.01. The second-order valence-corrected chi connectivity index (χ2v) is 20.0. The van der Waals surface area contributed by atoms with E-state index in [2.05, 4.69) is 0 Å². The molecule has 56 valence electrons. The predicted octanol–water partition coefficient (Wildman–Crippen LogP) is -0.273. The van der Waals surface area contributed by atoms with Crippen molar-refractivity contribution in [2.24, 2.45) is 5.73 Å². The van der Waals surface area contributed by atoms with Crippen LogP contribution in [0.2, 0.25) is 0 Å². The Bertz CT molecular complexity index is 37.8. The first kappa shape index (κ1) is 12.5. The molecule has 0 aliphatic rings. The Hall–Kier alpha value is 1.85. The SMILES string of the molecule is CCN.Cl[I-](Cl)(Cl)Cl. The first-order valence-electron chi connectivity index (χ1n) is 1.69. The van der Waals surface area contributed by atoms with Crippen LogP contribution >= 0.6 is 35.6 Å². The number of rotatable bonds is 0. The molecule has 8 heavy (non-hydrogen) atoms. The third-order valence-electron chi connectivity index (χ3n) is 0. The van der Waals surface area contributed by atoms with Gasteiger partial charge < -0.3 is 5.73 Å². The minimum absolute atomic E-state index is 0.750. The van der Waals surface area contributed by atoms with Crippen LogP contribution in [0.1, 0.15) is 6.92 Å². The molecule has 0 aromatic heterocycles. The molecule has 0 fully saturated rings. The minimum atomic E-state index is -3.05. The third kappa shape index (κ3) is 108. The zero-order valence-corrected chi connectivity index (χ0v) is 9.36. The zero-order valence-electron chi connectivity index (χ0n) is 4.17. The van der Waals surface area contributed by atoms with E-state index in [4.69, 9.17) is 41.4 Å². The molecule has 0 bridgehead atoms. The average molecular weight is 314 g/mol. The molecule has 1 nitrogen and oxygen atoms in total. The second kappa shape index (κ2) is 6.96. The van der Waals surface area contributed by atoms with E-state index in [1.54, 1.807) is 0 Å². The molecule has 0 aromatic rings. The van der Waals surface area contributed by atoms with E-state index in [1.807, 2.05) is 6.92 Å². The molecule has 0 radical (unpaired) electrons. The first-order chi connectivity index (χ1) is 3.41. The van der Waals surface area contributed by atoms with Crippen LogP contribution in [0, 0.1) is 0 Å². The summed E-state index contributed by atoms with van der Waals surface area (Å²) in [5.41, 5.74) is 4.85. The van der Waals surface area contributed by atoms with Gasteiger partial charge in [0.1, 0.15) is 0 Å². The summed E-state index contributed by atoms with van der Waals surface area (Å²) in [6, 6.07) is 0. The Morgan fingerprint density at radius 1 is 1.25 bits per heavy atom. The Morgan fingerprint density at radius 2 is 1.25 bits per heavy atom. The maximum absolute atomic E-state index is 5.01. The van der Waals surface area contributed by atoms with Crippen LogP contribution < -0.4 is 19.7 Å². The van der Waals surface area contributed by atoms with Crippen molar-refractivity contribution in [3.8, 4) is 0 Å². The molecule has 0 aromatic carbocycles. The summed E-state index contributed by atoms with van der Waals surface area (Å²) in [5.74, 6) is 0. The van der Waals surface area contributed by atoms with E-state index < -0.39 is 13.9 Å². The standard InChI is InChI=1S/C2H7N.Cl4I/c1-2-3;1-5(2,3)4/h2-3H2,1H3;/q;-1. The number of hydrogen-bond donors (Lipinski definition) is 1. The molecule has 0 saturated carbocycles. The molecule has 0 rings (SSSR count). The Morgan fingerprint density at radius 3 is 1.25 bits per heavy atom. The normalized spacial score (nSPS) is 11.8. The molecule has 0 atom stereocenters. The summed E-state index contributed by atoms with van der Waals surface area (Å²) in [6.07, 6.45) is 0. The Labute approximate surface area is 68.2 Å². The van der Waals surface area contributed by atoms with Gasteiger partial charge in [-0.2, -0.15) is 0 Å². The van der Waals surface area contributed by atoms with Crippen molar-refractivity contribution >= 4 is 35.6 Å². The van der Waals surface area contributed by atoms with Gasteiger partial charge in [0, 0.05) is 0 Å². The van der Waals surface area contributed by atoms with E-state index >= 15 is 0 Å². The van der Waals surface area contributed by atoms with Crippen molar-refractivity contribution in [2.45, 2.75) is 6.92 Å². The van der Waals surface area contributed by atoms with Gasteiger partial charge in [0.2, 0.25) is 0 Å². The molecular weight excluding hydrogens is 307 g/mol. The van der Waals surface area contributed by atoms with E-state index in [0.29, 0.717) is 0 Å². The van der Waals surface area contributed by atoms with Crippen LogP contribution in [0.4, 0.5) is 0 Å². The molecule has 0 aliphatic heterocycles. The summed E-state index contributed by atoms with van der Waals surface area (Å²) in [4.78, 5) is 0. The van der Waals surface area contributed by atoms with Crippen LogP contribution in [-0.2, 0) is 0 Å². The molecule has 2 N–H and O–H groups in total. The van der Waals surface area contributed by atoms with E-state index in [-0.39, 0.29) is 0 Å². The van der Waals surface area contributed by atoms with Gasteiger partial charge in [-0.1, -0.05) is 6.92 Å². The van der Waals surface area contributed by atoms with E-state index in [9.17, 15) is 0 Å². The summed E-state index contributed by atoms with van der Waals surface area (Å²) in [5, 5.41) is 0. The summed E-state index contributed by atoms with van der Waals surface area (Å²) < 4.78 is 0. The van der Waals surface area contributed by atoms with Crippen molar-refractivity contribution in [1.82, 2.24) is 0 Å². The molecule has 0 amide bonds. The third-order valence-corrected chi connectivity index (χ3v) is 0. The molecular formula is C2H7Cl4IN-. The van der Waals surface area contributed by atoms with Gasteiger partial charge in [0.05, 0.1) is 0 Å². The van der Waals surface area contributed by atoms with Gasteiger partial charge in [0.15, 0.2) is 0 Å². The summed E-state index contributed by atoms with van der Waals surface area (Å²) in [6.45, 7) is 2.65. The molecule has 0 spiro atoms. The van der Waals surface area contributed by atoms with Gasteiger partial charge >= 0.3 is 49.6 Å². The fourth-order valence-corrected chi connectivity index (χ4v) is 0. The fourth-order valence-electron chi connectivity index (χ4n) is 0. The van der Waals surface area contributed by atoms with Crippen LogP contribution in [0.15, 0.2) is 0 Å². The van der Waals surface area contributed by atoms with Gasteiger partial charge in [-0.15, -0.1) is 0 Å². The van der Waals surface area contributed by atoms with Crippen molar-refractivity contribution in [1.29, 1.82) is 0 Å². The molecule has 0 aliphatic carbocycles. The zero-order chi connectivity index (χ0) is 7.21. The fraction of sp³-hybridized carbons (Fsp3) is 1.00. The van der Waals surface area contributed by atoms with E-state index in [0.717, 1.165) is 6.54 Å². The van der Waals surface area contributed by atoms with Crippen molar-refractivity contribution in [2.75, 3.05) is 6.54 Å². The van der Waals surface area contributed by atoms with Gasteiger partial charge in [-0.25, -0.2) is 0 Å². The van der Waals surface area contributed by atoms with E-state index in [1.165, 1.54) is 0 Å². The molecule has 0 saturated heterocycles. The topological polar surface area (TPSA) is 26.0 Å². The second-order valence-electron chi connectivity index (χ2n) is 0.732. The summed E-state index contributed by atoms with van der Waals surface area (Å²) in [7, 11) is 20.0. The van der Waals surface area contributed by atoms with Crippen LogP contribution in [0.5, 0.6) is 0 Å². The van der Waals surface area contributed by atoms with Crippen LogP contribution in [0.3, 0.4) is 0 Å². The number of hydrogen-bond acceptors (Lipinski definition) is 1. The van der Waals surface area contributed by atoms with Gasteiger partial charge in [0.25, 0.3) is 0 Å². The quantitative estimate of drug-likeness (QED) is 0.612. The van der Waals surface area contributed by atoms with Crippen LogP contribution in [-0.4, -0.2) is 6.54 Å². The number of nitrogens with two attached hydrogens (primary N) is 1. The summed E-state index contributed by atoms with van der Waals surface area (Å²) >= 11 is -3.05. The molecule has 6 heteroatoms. The van der Waals surface area contributed by atoms with Crippen molar-refractivity contribution in [3.05, 3.63) is 0 Å². The molecule has 0 unspecified atom stereocenters. The Kier molecular flexibility index (Phi) is 10.9. The van der Waals surface area contributed by atoms with Gasteiger partial charge in [-0.05, 0) is 6.54 Å². The van der Waals surface area contributed by atoms with Crippen LogP contribution in [0.25, 0.3) is 0 Å². The van der Waals surface area contributed by atoms with Crippen molar-refractivity contribution in [3.63, 3.8) is 0 Å². The average Bonchev–Trinajstić information content (AvgIpc) is 1.27. The molecule has 0 heterocycles. The van der Waals surface area contributed by atoms with Gasteiger partial charge in [-0.3, -0.25) is 0 Å². The van der Waals surface area contributed by atoms with Crippen molar-refractivity contribution < 1.29 is 13.9 Å².